The van der Waals surface area contributed by atoms with E-state index in [1.165, 1.54) is 32.1 Å². The molecule has 0 saturated heterocycles. The van der Waals surface area contributed by atoms with Crippen molar-refractivity contribution in [2.45, 2.75) is 65.0 Å². The molecule has 0 radical (unpaired) electrons. The molecule has 0 heterocycles. The maximum atomic E-state index is 4.27. The Morgan fingerprint density at radius 3 is 2.53 bits per heavy atom. The summed E-state index contributed by atoms with van der Waals surface area (Å²) in [6, 6.07) is 1.17. The van der Waals surface area contributed by atoms with Crippen LogP contribution in [0.4, 0.5) is 0 Å². The van der Waals surface area contributed by atoms with Crippen LogP contribution < -0.4 is 10.6 Å². The number of hydrogen-bond donors (Lipinski definition) is 2. The summed E-state index contributed by atoms with van der Waals surface area (Å²) in [6.45, 7) is 6.75. The molecule has 1 aliphatic rings. The summed E-state index contributed by atoms with van der Waals surface area (Å²) in [5, 5.41) is 6.91. The predicted octanol–water partition coefficient (Wildman–Crippen LogP) is 3.15. The van der Waals surface area contributed by atoms with Gasteiger partial charge in [0.15, 0.2) is 5.96 Å². The third kappa shape index (κ3) is 7.11. The van der Waals surface area contributed by atoms with Crippen LogP contribution in [0.25, 0.3) is 0 Å². The van der Waals surface area contributed by atoms with Gasteiger partial charge in [0.25, 0.3) is 0 Å². The second-order valence-electron chi connectivity index (χ2n) is 5.08. The highest BCUT2D eigenvalue weighted by Crippen LogP contribution is 2.28. The van der Waals surface area contributed by atoms with Crippen molar-refractivity contribution in [1.29, 1.82) is 0 Å². The van der Waals surface area contributed by atoms with E-state index in [2.05, 4.69) is 36.4 Å². The van der Waals surface area contributed by atoms with E-state index in [0.29, 0.717) is 12.1 Å². The largest absolute Gasteiger partial charge is 0.354 e. The van der Waals surface area contributed by atoms with Gasteiger partial charge in [-0.05, 0) is 25.7 Å². The van der Waals surface area contributed by atoms with Crippen LogP contribution in [0.3, 0.4) is 0 Å². The van der Waals surface area contributed by atoms with Crippen LogP contribution >= 0.6 is 24.0 Å². The normalized spacial score (nSPS) is 24.8. The van der Waals surface area contributed by atoms with Gasteiger partial charge in [0.05, 0.1) is 0 Å². The first-order valence-corrected chi connectivity index (χ1v) is 6.67. The van der Waals surface area contributed by atoms with Gasteiger partial charge in [-0.3, -0.25) is 4.99 Å². The summed E-state index contributed by atoms with van der Waals surface area (Å²) in [6.07, 6.45) is 6.44. The zero-order valence-corrected chi connectivity index (χ0v) is 14.0. The summed E-state index contributed by atoms with van der Waals surface area (Å²) >= 11 is 0. The first-order valence-electron chi connectivity index (χ1n) is 6.67. The molecule has 0 spiro atoms. The molecule has 1 saturated carbocycles. The number of hydrogen-bond acceptors (Lipinski definition) is 1. The van der Waals surface area contributed by atoms with Crippen LogP contribution in [-0.4, -0.2) is 25.1 Å². The van der Waals surface area contributed by atoms with E-state index < -0.39 is 0 Å². The molecule has 0 aromatic rings. The van der Waals surface area contributed by atoms with Crippen molar-refractivity contribution in [1.82, 2.24) is 10.6 Å². The highest BCUT2D eigenvalue weighted by Gasteiger charge is 2.33. The number of rotatable bonds is 6. The van der Waals surface area contributed by atoms with Crippen molar-refractivity contribution in [2.24, 2.45) is 10.9 Å². The van der Waals surface area contributed by atoms with Gasteiger partial charge in [0.2, 0.25) is 0 Å². The minimum absolute atomic E-state index is 0. The van der Waals surface area contributed by atoms with E-state index in [9.17, 15) is 0 Å². The number of nitrogens with zero attached hydrogens (tertiary/aromatic N) is 1. The highest BCUT2D eigenvalue weighted by molar-refractivity contribution is 14.0. The molecule has 102 valence electrons. The van der Waals surface area contributed by atoms with Gasteiger partial charge in [0, 0.05) is 19.1 Å². The van der Waals surface area contributed by atoms with Crippen LogP contribution in [0.1, 0.15) is 52.9 Å². The number of halogens is 1. The van der Waals surface area contributed by atoms with Gasteiger partial charge in [-0.25, -0.2) is 0 Å². The Balaban J connectivity index is 0.00000256. The molecule has 0 bridgehead atoms. The number of unbranched alkanes of at least 4 members (excludes halogenated alkanes) is 2. The second-order valence-corrected chi connectivity index (χ2v) is 5.08. The van der Waals surface area contributed by atoms with E-state index in [-0.39, 0.29) is 24.0 Å². The van der Waals surface area contributed by atoms with Crippen LogP contribution in [-0.2, 0) is 0 Å². The van der Waals surface area contributed by atoms with Gasteiger partial charge in [-0.15, -0.1) is 24.0 Å². The lowest BCUT2D eigenvalue weighted by atomic mass is 10.1. The lowest BCUT2D eigenvalue weighted by Gasteiger charge is -2.17. The molecule has 0 amide bonds. The maximum absolute atomic E-state index is 4.27. The summed E-state index contributed by atoms with van der Waals surface area (Å²) < 4.78 is 0. The molecule has 1 fully saturated rings. The van der Waals surface area contributed by atoms with E-state index in [4.69, 9.17) is 0 Å². The quantitative estimate of drug-likeness (QED) is 0.333. The third-order valence-electron chi connectivity index (χ3n) is 3.28. The molecule has 0 aromatic heterocycles. The van der Waals surface area contributed by atoms with Crippen molar-refractivity contribution in [3.05, 3.63) is 0 Å². The highest BCUT2D eigenvalue weighted by atomic mass is 127. The number of aliphatic imine (C=N–C) groups is 1. The minimum atomic E-state index is 0. The Hall–Kier alpha value is 0. The monoisotopic (exact) mass is 353 g/mol. The summed E-state index contributed by atoms with van der Waals surface area (Å²) in [7, 11) is 1.85. The predicted molar refractivity (Wildman–Crippen MR) is 86.2 cm³/mol. The third-order valence-corrected chi connectivity index (χ3v) is 3.28. The van der Waals surface area contributed by atoms with Crippen LogP contribution in [0.2, 0.25) is 0 Å². The zero-order chi connectivity index (χ0) is 12.0. The van der Waals surface area contributed by atoms with Crippen LogP contribution in [0, 0.1) is 5.92 Å². The topological polar surface area (TPSA) is 36.4 Å². The average molecular weight is 353 g/mol. The molecule has 2 N–H and O–H groups in total. The fraction of sp³-hybridized carbons (Fsp3) is 0.923. The molecule has 3 unspecified atom stereocenters. The van der Waals surface area contributed by atoms with Crippen LogP contribution in [0.5, 0.6) is 0 Å². The molecule has 17 heavy (non-hydrogen) atoms. The lowest BCUT2D eigenvalue weighted by Crippen LogP contribution is -2.43. The van der Waals surface area contributed by atoms with Gasteiger partial charge < -0.3 is 10.6 Å². The Morgan fingerprint density at radius 1 is 1.41 bits per heavy atom. The first-order chi connectivity index (χ1) is 7.67. The maximum Gasteiger partial charge on any atom is 0.191 e. The second kappa shape index (κ2) is 9.00. The molecule has 3 nitrogen and oxygen atoms in total. The molecule has 1 rings (SSSR count). The van der Waals surface area contributed by atoms with Crippen molar-refractivity contribution in [3.8, 4) is 0 Å². The van der Waals surface area contributed by atoms with E-state index in [0.717, 1.165) is 11.9 Å². The summed E-state index contributed by atoms with van der Waals surface area (Å²) in [5.41, 5.74) is 0. The fourth-order valence-corrected chi connectivity index (χ4v) is 1.88. The average Bonchev–Trinajstić information content (AvgIpc) is 2.93. The molecule has 4 heteroatoms. The molecule has 0 aliphatic heterocycles. The van der Waals surface area contributed by atoms with Gasteiger partial charge in [0.1, 0.15) is 0 Å². The Labute approximate surface area is 123 Å². The Kier molecular flexibility index (Phi) is 9.00. The van der Waals surface area contributed by atoms with Crippen molar-refractivity contribution >= 4 is 29.9 Å². The standard InChI is InChI=1S/C13H27N3.HI/c1-5-6-7-8-11(3)15-13(14-4)16-12-9-10(12)2;/h10-12H,5-9H2,1-4H3,(H2,14,15,16);1H. The molecular formula is C13H28IN3. The molecule has 3 atom stereocenters. The van der Waals surface area contributed by atoms with Crippen LogP contribution in [0.15, 0.2) is 4.99 Å². The van der Waals surface area contributed by atoms with Crippen molar-refractivity contribution in [2.75, 3.05) is 7.05 Å². The van der Waals surface area contributed by atoms with Crippen molar-refractivity contribution < 1.29 is 0 Å². The van der Waals surface area contributed by atoms with Gasteiger partial charge in [-0.2, -0.15) is 0 Å². The van der Waals surface area contributed by atoms with E-state index >= 15 is 0 Å². The van der Waals surface area contributed by atoms with E-state index in [1.807, 2.05) is 7.05 Å². The molecular weight excluding hydrogens is 325 g/mol. The zero-order valence-electron chi connectivity index (χ0n) is 11.6. The number of guanidine groups is 1. The summed E-state index contributed by atoms with van der Waals surface area (Å²) in [4.78, 5) is 4.27. The lowest BCUT2D eigenvalue weighted by molar-refractivity contribution is 0.545. The molecule has 0 aromatic carbocycles. The first kappa shape index (κ1) is 17.0. The van der Waals surface area contributed by atoms with E-state index in [1.54, 1.807) is 0 Å². The van der Waals surface area contributed by atoms with Crippen molar-refractivity contribution in [3.63, 3.8) is 0 Å². The SMILES string of the molecule is CCCCCC(C)NC(=NC)NC1CC1C.I. The van der Waals surface area contributed by atoms with Gasteiger partial charge in [-0.1, -0.05) is 33.1 Å². The molecule has 1 aliphatic carbocycles. The van der Waals surface area contributed by atoms with Gasteiger partial charge >= 0.3 is 0 Å². The summed E-state index contributed by atoms with van der Waals surface area (Å²) in [5.74, 6) is 1.78. The minimum Gasteiger partial charge on any atom is -0.354 e. The Bertz CT molecular complexity index is 231. The fourth-order valence-electron chi connectivity index (χ4n) is 1.88. The number of nitrogens with one attached hydrogen (secondary N) is 2. The Morgan fingerprint density at radius 2 is 2.06 bits per heavy atom. The smallest absolute Gasteiger partial charge is 0.191 e.